The summed E-state index contributed by atoms with van der Waals surface area (Å²) in [5.41, 5.74) is 1.13. The van der Waals surface area contributed by atoms with Gasteiger partial charge < -0.3 is 10.2 Å². The smallest absolute Gasteiger partial charge is 0.240 e. The van der Waals surface area contributed by atoms with E-state index in [0.717, 1.165) is 10.6 Å². The molecule has 114 valence electrons. The van der Waals surface area contributed by atoms with E-state index >= 15 is 0 Å². The van der Waals surface area contributed by atoms with Crippen LogP contribution in [0.1, 0.15) is 17.5 Å². The number of benzene rings is 1. The normalized spacial score (nSPS) is 11.5. The Labute approximate surface area is 135 Å². The number of thiazole rings is 1. The molecule has 0 aliphatic rings. The lowest BCUT2D eigenvalue weighted by Gasteiger charge is -2.25. The second-order valence-electron chi connectivity index (χ2n) is 4.62. The number of amides is 1. The molecular formula is C15H20ClN3OS. The monoisotopic (exact) mass is 325 g/mol. The molecule has 0 aliphatic heterocycles. The molecule has 2 aromatic rings. The highest BCUT2D eigenvalue weighted by Crippen LogP contribution is 2.13. The predicted molar refractivity (Wildman–Crippen MR) is 88.6 cm³/mol. The second-order valence-corrected chi connectivity index (χ2v) is 5.60. The van der Waals surface area contributed by atoms with Crippen LogP contribution in [0.4, 0.5) is 0 Å². The van der Waals surface area contributed by atoms with E-state index in [9.17, 15) is 4.79 Å². The maximum absolute atomic E-state index is 12.4. The van der Waals surface area contributed by atoms with E-state index in [-0.39, 0.29) is 24.4 Å². The Kier molecular flexibility index (Phi) is 7.36. The first-order valence-corrected chi connectivity index (χ1v) is 7.47. The molecule has 1 aromatic carbocycles. The number of hydrogen-bond acceptors (Lipinski definition) is 4. The van der Waals surface area contributed by atoms with Gasteiger partial charge in [-0.1, -0.05) is 30.3 Å². The second kappa shape index (κ2) is 8.77. The SMILES string of the molecule is CN[C@@H](C)C(=O)N(Cc1ccccc1)Cc1nccs1.Cl. The summed E-state index contributed by atoms with van der Waals surface area (Å²) in [7, 11) is 1.80. The summed E-state index contributed by atoms with van der Waals surface area (Å²) in [6.07, 6.45) is 1.77. The number of nitrogens with one attached hydrogen (secondary N) is 1. The Morgan fingerprint density at radius 2 is 2.05 bits per heavy atom. The van der Waals surface area contributed by atoms with Crippen LogP contribution in [-0.4, -0.2) is 28.9 Å². The summed E-state index contributed by atoms with van der Waals surface area (Å²) < 4.78 is 0. The number of carbonyl (C=O) groups is 1. The molecule has 0 radical (unpaired) electrons. The lowest BCUT2D eigenvalue weighted by atomic mass is 10.2. The van der Waals surface area contributed by atoms with Gasteiger partial charge in [-0.05, 0) is 19.5 Å². The molecule has 21 heavy (non-hydrogen) atoms. The van der Waals surface area contributed by atoms with Gasteiger partial charge in [-0.25, -0.2) is 4.98 Å². The molecule has 0 aliphatic carbocycles. The van der Waals surface area contributed by atoms with Crippen LogP contribution in [0.3, 0.4) is 0 Å². The lowest BCUT2D eigenvalue weighted by molar-refractivity contribution is -0.134. The third-order valence-corrected chi connectivity index (χ3v) is 3.91. The van der Waals surface area contributed by atoms with Gasteiger partial charge in [-0.3, -0.25) is 4.79 Å². The molecular weight excluding hydrogens is 306 g/mol. The van der Waals surface area contributed by atoms with Crippen LogP contribution < -0.4 is 5.32 Å². The quantitative estimate of drug-likeness (QED) is 0.888. The minimum Gasteiger partial charge on any atom is -0.330 e. The van der Waals surface area contributed by atoms with E-state index in [1.807, 2.05) is 47.5 Å². The Morgan fingerprint density at radius 1 is 1.33 bits per heavy atom. The molecule has 1 N–H and O–H groups in total. The summed E-state index contributed by atoms with van der Waals surface area (Å²) in [5.74, 6) is 0.0894. The molecule has 0 saturated carbocycles. The third-order valence-electron chi connectivity index (χ3n) is 3.14. The molecule has 0 spiro atoms. The lowest BCUT2D eigenvalue weighted by Crippen LogP contribution is -2.42. The Hall–Kier alpha value is -1.43. The van der Waals surface area contributed by atoms with Gasteiger partial charge >= 0.3 is 0 Å². The van der Waals surface area contributed by atoms with E-state index in [0.29, 0.717) is 13.1 Å². The highest BCUT2D eigenvalue weighted by atomic mass is 35.5. The highest BCUT2D eigenvalue weighted by molar-refractivity contribution is 7.09. The maximum atomic E-state index is 12.4. The van der Waals surface area contributed by atoms with E-state index in [1.54, 1.807) is 24.6 Å². The Bertz CT molecular complexity index is 533. The molecule has 4 nitrogen and oxygen atoms in total. The van der Waals surface area contributed by atoms with Gasteiger partial charge in [0.15, 0.2) is 0 Å². The maximum Gasteiger partial charge on any atom is 0.240 e. The van der Waals surface area contributed by atoms with Crippen molar-refractivity contribution < 1.29 is 4.79 Å². The van der Waals surface area contributed by atoms with Crippen molar-refractivity contribution in [2.45, 2.75) is 26.1 Å². The number of hydrogen-bond donors (Lipinski definition) is 1. The summed E-state index contributed by atoms with van der Waals surface area (Å²) in [5, 5.41) is 5.89. The van der Waals surface area contributed by atoms with E-state index in [1.165, 1.54) is 0 Å². The van der Waals surface area contributed by atoms with Crippen molar-refractivity contribution in [2.75, 3.05) is 7.05 Å². The fraction of sp³-hybridized carbons (Fsp3) is 0.333. The van der Waals surface area contributed by atoms with E-state index in [4.69, 9.17) is 0 Å². The number of halogens is 1. The fourth-order valence-electron chi connectivity index (χ4n) is 1.91. The average Bonchev–Trinajstić information content (AvgIpc) is 2.99. The van der Waals surface area contributed by atoms with E-state index < -0.39 is 0 Å². The average molecular weight is 326 g/mol. The fourth-order valence-corrected chi connectivity index (χ4v) is 2.54. The molecule has 1 atom stereocenters. The molecule has 1 aromatic heterocycles. The number of carbonyl (C=O) groups excluding carboxylic acids is 1. The van der Waals surface area contributed by atoms with Crippen LogP contribution in [0.25, 0.3) is 0 Å². The largest absolute Gasteiger partial charge is 0.330 e. The Morgan fingerprint density at radius 3 is 2.62 bits per heavy atom. The van der Waals surface area contributed by atoms with Gasteiger partial charge in [-0.2, -0.15) is 0 Å². The molecule has 0 fully saturated rings. The first-order chi connectivity index (χ1) is 9.70. The predicted octanol–water partition coefficient (Wildman–Crippen LogP) is 2.70. The first kappa shape index (κ1) is 17.6. The third kappa shape index (κ3) is 5.12. The topological polar surface area (TPSA) is 45.2 Å². The highest BCUT2D eigenvalue weighted by Gasteiger charge is 2.20. The van der Waals surface area contributed by atoms with Gasteiger partial charge in [0.2, 0.25) is 5.91 Å². The number of aromatic nitrogens is 1. The van der Waals surface area contributed by atoms with Crippen molar-refractivity contribution in [3.8, 4) is 0 Å². The van der Waals surface area contributed by atoms with Gasteiger partial charge in [0, 0.05) is 18.1 Å². The number of rotatable bonds is 6. The van der Waals surface area contributed by atoms with Crippen molar-refractivity contribution in [1.29, 1.82) is 0 Å². The van der Waals surface area contributed by atoms with Gasteiger partial charge in [0.1, 0.15) is 5.01 Å². The van der Waals surface area contributed by atoms with Crippen LogP contribution in [0.5, 0.6) is 0 Å². The van der Waals surface area contributed by atoms with Crippen LogP contribution >= 0.6 is 23.7 Å². The molecule has 1 amide bonds. The van der Waals surface area contributed by atoms with Gasteiger partial charge in [0.25, 0.3) is 0 Å². The van der Waals surface area contributed by atoms with Crippen LogP contribution in [0.15, 0.2) is 41.9 Å². The molecule has 2 rings (SSSR count). The van der Waals surface area contributed by atoms with Crippen LogP contribution in [0, 0.1) is 0 Å². The van der Waals surface area contributed by atoms with Crippen molar-refractivity contribution in [3.05, 3.63) is 52.5 Å². The summed E-state index contributed by atoms with van der Waals surface area (Å²) >= 11 is 1.57. The van der Waals surface area contributed by atoms with Crippen molar-refractivity contribution >= 4 is 29.7 Å². The molecule has 6 heteroatoms. The van der Waals surface area contributed by atoms with Crippen molar-refractivity contribution in [3.63, 3.8) is 0 Å². The zero-order chi connectivity index (χ0) is 14.4. The number of likely N-dealkylation sites (N-methyl/N-ethyl adjacent to an activating group) is 1. The summed E-state index contributed by atoms with van der Waals surface area (Å²) in [6.45, 7) is 3.03. The standard InChI is InChI=1S/C15H19N3OS.ClH/c1-12(16-2)15(19)18(11-14-17-8-9-20-14)10-13-6-4-3-5-7-13;/h3-9,12,16H,10-11H2,1-2H3;1H/t12-;/m0./s1. The first-order valence-electron chi connectivity index (χ1n) is 6.59. The minimum absolute atomic E-state index is 0. The zero-order valence-corrected chi connectivity index (χ0v) is 13.8. The van der Waals surface area contributed by atoms with E-state index in [2.05, 4.69) is 10.3 Å². The molecule has 0 bridgehead atoms. The van der Waals surface area contributed by atoms with Gasteiger partial charge in [-0.15, -0.1) is 23.7 Å². The minimum atomic E-state index is -0.196. The summed E-state index contributed by atoms with van der Waals surface area (Å²) in [4.78, 5) is 18.6. The molecule has 0 saturated heterocycles. The summed E-state index contributed by atoms with van der Waals surface area (Å²) in [6, 6.07) is 9.83. The molecule has 1 heterocycles. The van der Waals surface area contributed by atoms with Gasteiger partial charge in [0.05, 0.1) is 12.6 Å². The number of nitrogens with zero attached hydrogens (tertiary/aromatic N) is 2. The zero-order valence-electron chi connectivity index (χ0n) is 12.2. The van der Waals surface area contributed by atoms with Crippen LogP contribution in [-0.2, 0) is 17.9 Å². The molecule has 0 unspecified atom stereocenters. The Balaban J connectivity index is 0.00000220. The van der Waals surface area contributed by atoms with Crippen molar-refractivity contribution in [1.82, 2.24) is 15.2 Å². The van der Waals surface area contributed by atoms with Crippen LogP contribution in [0.2, 0.25) is 0 Å². The van der Waals surface area contributed by atoms with Crippen molar-refractivity contribution in [2.24, 2.45) is 0 Å².